The number of ether oxygens (including phenoxy) is 1. The van der Waals surface area contributed by atoms with E-state index in [0.29, 0.717) is 5.75 Å². The third kappa shape index (κ3) is 2.58. The lowest BCUT2D eigenvalue weighted by molar-refractivity contribution is 0.274. The third-order valence-corrected chi connectivity index (χ3v) is 1.90. The van der Waals surface area contributed by atoms with Crippen LogP contribution in [-0.2, 0) is 6.61 Å². The Morgan fingerprint density at radius 1 is 1.36 bits per heavy atom. The van der Waals surface area contributed by atoms with Crippen molar-refractivity contribution in [3.05, 3.63) is 35.4 Å². The average molecular weight is 194 g/mol. The lowest BCUT2D eigenvalue weighted by Gasteiger charge is -2.06. The van der Waals surface area contributed by atoms with Gasteiger partial charge in [-0.05, 0) is 11.6 Å². The Labute approximate surface area is 83.3 Å². The SMILES string of the molecule is COc1cc(C=CCO)ccc1CO. The van der Waals surface area contributed by atoms with E-state index in [1.165, 1.54) is 0 Å². The van der Waals surface area contributed by atoms with Gasteiger partial charge in [0.05, 0.1) is 20.3 Å². The van der Waals surface area contributed by atoms with Gasteiger partial charge in [-0.1, -0.05) is 24.3 Å². The fourth-order valence-electron chi connectivity index (χ4n) is 1.18. The minimum atomic E-state index is -0.0346. The zero-order valence-electron chi connectivity index (χ0n) is 8.10. The molecule has 0 atom stereocenters. The van der Waals surface area contributed by atoms with Crippen LogP contribution < -0.4 is 4.74 Å². The molecule has 0 radical (unpaired) electrons. The van der Waals surface area contributed by atoms with Crippen LogP contribution in [0.15, 0.2) is 24.3 Å². The minimum Gasteiger partial charge on any atom is -0.496 e. The van der Waals surface area contributed by atoms with Gasteiger partial charge < -0.3 is 14.9 Å². The van der Waals surface area contributed by atoms with E-state index in [4.69, 9.17) is 14.9 Å². The predicted molar refractivity (Wildman–Crippen MR) is 55.0 cm³/mol. The van der Waals surface area contributed by atoms with Gasteiger partial charge in [0.2, 0.25) is 0 Å². The molecule has 3 heteroatoms. The maximum atomic E-state index is 8.98. The first kappa shape index (κ1) is 10.8. The first-order valence-electron chi connectivity index (χ1n) is 4.37. The summed E-state index contributed by atoms with van der Waals surface area (Å²) in [5.74, 6) is 0.660. The summed E-state index contributed by atoms with van der Waals surface area (Å²) in [7, 11) is 1.56. The second-order valence-corrected chi connectivity index (χ2v) is 2.81. The number of benzene rings is 1. The first-order valence-corrected chi connectivity index (χ1v) is 4.37. The molecular formula is C11H14O3. The highest BCUT2D eigenvalue weighted by atomic mass is 16.5. The highest BCUT2D eigenvalue weighted by molar-refractivity contribution is 5.53. The zero-order chi connectivity index (χ0) is 10.4. The highest BCUT2D eigenvalue weighted by Gasteiger charge is 2.01. The van der Waals surface area contributed by atoms with Crippen molar-refractivity contribution in [2.24, 2.45) is 0 Å². The molecule has 14 heavy (non-hydrogen) atoms. The lowest BCUT2D eigenvalue weighted by Crippen LogP contribution is -1.92. The molecule has 0 saturated heterocycles. The molecule has 0 aliphatic carbocycles. The minimum absolute atomic E-state index is 0.0179. The molecule has 0 fully saturated rings. The van der Waals surface area contributed by atoms with E-state index in [2.05, 4.69) is 0 Å². The van der Waals surface area contributed by atoms with Crippen molar-refractivity contribution < 1.29 is 14.9 Å². The van der Waals surface area contributed by atoms with Crippen LogP contribution in [0.4, 0.5) is 0 Å². The fraction of sp³-hybridized carbons (Fsp3) is 0.273. The Hall–Kier alpha value is -1.32. The maximum absolute atomic E-state index is 8.98. The van der Waals surface area contributed by atoms with Crippen molar-refractivity contribution in [1.82, 2.24) is 0 Å². The predicted octanol–water partition coefficient (Wildman–Crippen LogP) is 1.19. The van der Waals surface area contributed by atoms with Gasteiger partial charge in [0.25, 0.3) is 0 Å². The lowest BCUT2D eigenvalue weighted by atomic mass is 10.1. The Kier molecular flexibility index (Phi) is 4.16. The Bertz CT molecular complexity index is 318. The smallest absolute Gasteiger partial charge is 0.124 e. The molecule has 0 bridgehead atoms. The molecule has 1 rings (SSSR count). The van der Waals surface area contributed by atoms with Crippen LogP contribution in [0.25, 0.3) is 6.08 Å². The van der Waals surface area contributed by atoms with Crippen LogP contribution >= 0.6 is 0 Å². The number of aliphatic hydroxyl groups is 2. The van der Waals surface area contributed by atoms with Crippen LogP contribution in [0.1, 0.15) is 11.1 Å². The van der Waals surface area contributed by atoms with E-state index in [-0.39, 0.29) is 13.2 Å². The average Bonchev–Trinajstić information content (AvgIpc) is 2.25. The van der Waals surface area contributed by atoms with Crippen molar-refractivity contribution in [1.29, 1.82) is 0 Å². The molecule has 2 N–H and O–H groups in total. The van der Waals surface area contributed by atoms with Gasteiger partial charge in [-0.15, -0.1) is 0 Å². The Morgan fingerprint density at radius 3 is 2.71 bits per heavy atom. The summed E-state index contributed by atoms with van der Waals surface area (Å²) in [6.07, 6.45) is 3.44. The van der Waals surface area contributed by atoms with Gasteiger partial charge in [-0.3, -0.25) is 0 Å². The molecule has 3 nitrogen and oxygen atoms in total. The number of hydrogen-bond acceptors (Lipinski definition) is 3. The molecular weight excluding hydrogens is 180 g/mol. The second-order valence-electron chi connectivity index (χ2n) is 2.81. The number of aliphatic hydroxyl groups excluding tert-OH is 2. The van der Waals surface area contributed by atoms with Crippen molar-refractivity contribution in [2.45, 2.75) is 6.61 Å². The van der Waals surface area contributed by atoms with Crippen molar-refractivity contribution >= 4 is 6.08 Å². The van der Waals surface area contributed by atoms with Crippen LogP contribution in [0.5, 0.6) is 5.75 Å². The molecule has 0 aliphatic heterocycles. The fourth-order valence-corrected chi connectivity index (χ4v) is 1.18. The Balaban J connectivity index is 2.95. The van der Waals surface area contributed by atoms with E-state index < -0.39 is 0 Å². The first-order chi connectivity index (χ1) is 6.81. The molecule has 0 saturated carbocycles. The Morgan fingerprint density at radius 2 is 2.14 bits per heavy atom. The molecule has 76 valence electrons. The summed E-state index contributed by atoms with van der Waals surface area (Å²) in [5, 5.41) is 17.6. The van der Waals surface area contributed by atoms with E-state index >= 15 is 0 Å². The molecule has 1 aromatic rings. The maximum Gasteiger partial charge on any atom is 0.124 e. The summed E-state index contributed by atoms with van der Waals surface area (Å²) in [4.78, 5) is 0. The van der Waals surface area contributed by atoms with E-state index in [9.17, 15) is 0 Å². The van der Waals surface area contributed by atoms with Gasteiger partial charge in [-0.25, -0.2) is 0 Å². The van der Waals surface area contributed by atoms with Gasteiger partial charge in [-0.2, -0.15) is 0 Å². The number of hydrogen-bond donors (Lipinski definition) is 2. The second kappa shape index (κ2) is 5.42. The summed E-state index contributed by atoms with van der Waals surface area (Å²) in [6, 6.07) is 5.48. The monoisotopic (exact) mass is 194 g/mol. The van der Waals surface area contributed by atoms with E-state index in [1.54, 1.807) is 25.3 Å². The third-order valence-electron chi connectivity index (χ3n) is 1.90. The quantitative estimate of drug-likeness (QED) is 0.757. The summed E-state index contributed by atoms with van der Waals surface area (Å²) >= 11 is 0. The van der Waals surface area contributed by atoms with Crippen LogP contribution in [0, 0.1) is 0 Å². The zero-order valence-corrected chi connectivity index (χ0v) is 8.10. The van der Waals surface area contributed by atoms with Gasteiger partial charge in [0, 0.05) is 5.56 Å². The molecule has 0 aromatic heterocycles. The van der Waals surface area contributed by atoms with Gasteiger partial charge in [0.15, 0.2) is 0 Å². The largest absolute Gasteiger partial charge is 0.496 e. The van der Waals surface area contributed by atoms with Crippen LogP contribution in [0.3, 0.4) is 0 Å². The van der Waals surface area contributed by atoms with Crippen LogP contribution in [0.2, 0.25) is 0 Å². The van der Waals surface area contributed by atoms with Gasteiger partial charge in [0.1, 0.15) is 5.75 Å². The van der Waals surface area contributed by atoms with Crippen LogP contribution in [-0.4, -0.2) is 23.9 Å². The van der Waals surface area contributed by atoms with E-state index in [1.807, 2.05) is 12.1 Å². The summed E-state index contributed by atoms with van der Waals surface area (Å²) in [5.41, 5.74) is 1.70. The molecule has 1 aromatic carbocycles. The molecule has 0 amide bonds. The highest BCUT2D eigenvalue weighted by Crippen LogP contribution is 2.20. The standard InChI is InChI=1S/C11H14O3/c1-14-11-7-9(3-2-6-12)4-5-10(11)8-13/h2-5,7,12-13H,6,8H2,1H3. The van der Waals surface area contributed by atoms with Crippen molar-refractivity contribution in [2.75, 3.05) is 13.7 Å². The molecule has 0 heterocycles. The summed E-state index contributed by atoms with van der Waals surface area (Å²) < 4.78 is 5.10. The molecule has 0 spiro atoms. The number of rotatable bonds is 4. The van der Waals surface area contributed by atoms with Gasteiger partial charge >= 0.3 is 0 Å². The van der Waals surface area contributed by atoms with Crippen molar-refractivity contribution in [3.63, 3.8) is 0 Å². The normalized spacial score (nSPS) is 10.8. The molecule has 0 unspecified atom stereocenters. The van der Waals surface area contributed by atoms with Crippen molar-refractivity contribution in [3.8, 4) is 5.75 Å². The topological polar surface area (TPSA) is 49.7 Å². The number of methoxy groups -OCH3 is 1. The molecule has 0 aliphatic rings. The summed E-state index contributed by atoms with van der Waals surface area (Å²) in [6.45, 7) is -0.0166. The van der Waals surface area contributed by atoms with E-state index in [0.717, 1.165) is 11.1 Å².